The van der Waals surface area contributed by atoms with Gasteiger partial charge in [0.05, 0.1) is 0 Å². The van der Waals surface area contributed by atoms with Crippen molar-refractivity contribution >= 4 is 11.8 Å². The zero-order chi connectivity index (χ0) is 17.9. The molecule has 0 bridgehead atoms. The topological polar surface area (TPSA) is 58.2 Å². The number of unbranched alkanes of at least 4 members (excludes halogenated alkanes) is 1. The van der Waals surface area contributed by atoms with Crippen molar-refractivity contribution in [3.63, 3.8) is 0 Å². The number of carbonyl (C=O) groups excluding carboxylic acids is 2. The fourth-order valence-electron chi connectivity index (χ4n) is 2.45. The highest BCUT2D eigenvalue weighted by Crippen LogP contribution is 2.06. The number of nitrogens with one attached hydrogen (secondary N) is 2. The van der Waals surface area contributed by atoms with Gasteiger partial charge in [0.25, 0.3) is 5.91 Å². The van der Waals surface area contributed by atoms with E-state index in [4.69, 9.17) is 0 Å². The summed E-state index contributed by atoms with van der Waals surface area (Å²) in [5, 5.41) is 5.81. The number of carbonyl (C=O) groups is 2. The molecule has 0 aliphatic carbocycles. The summed E-state index contributed by atoms with van der Waals surface area (Å²) in [7, 11) is 0. The first-order chi connectivity index (χ1) is 12.2. The lowest BCUT2D eigenvalue weighted by molar-refractivity contribution is -0.121. The zero-order valence-electron chi connectivity index (χ0n) is 14.8. The van der Waals surface area contributed by atoms with Gasteiger partial charge in [0, 0.05) is 25.1 Å². The molecule has 0 heterocycles. The summed E-state index contributed by atoms with van der Waals surface area (Å²) in [5.74, 6) is -0.0165. The second kappa shape index (κ2) is 10.3. The van der Waals surface area contributed by atoms with Crippen molar-refractivity contribution in [1.29, 1.82) is 0 Å². The summed E-state index contributed by atoms with van der Waals surface area (Å²) >= 11 is 0. The van der Waals surface area contributed by atoms with Gasteiger partial charge in [0.15, 0.2) is 0 Å². The minimum Gasteiger partial charge on any atom is -0.352 e. The van der Waals surface area contributed by atoms with Gasteiger partial charge in [-0.25, -0.2) is 0 Å². The molecule has 0 saturated heterocycles. The monoisotopic (exact) mass is 338 g/mol. The molecule has 0 aliphatic heterocycles. The van der Waals surface area contributed by atoms with Crippen molar-refractivity contribution in [3.8, 4) is 0 Å². The number of aryl methyl sites for hydroxylation is 1. The van der Waals surface area contributed by atoms with Gasteiger partial charge in [-0.1, -0.05) is 55.8 Å². The summed E-state index contributed by atoms with van der Waals surface area (Å²) in [6.45, 7) is 3.27. The molecule has 25 heavy (non-hydrogen) atoms. The van der Waals surface area contributed by atoms with Crippen LogP contribution >= 0.6 is 0 Å². The van der Waals surface area contributed by atoms with E-state index in [1.165, 1.54) is 0 Å². The van der Waals surface area contributed by atoms with Gasteiger partial charge in [0.2, 0.25) is 5.91 Å². The molecule has 0 saturated carbocycles. The van der Waals surface area contributed by atoms with Crippen LogP contribution in [0.3, 0.4) is 0 Å². The molecule has 4 heteroatoms. The van der Waals surface area contributed by atoms with Crippen molar-refractivity contribution in [2.24, 2.45) is 0 Å². The smallest absolute Gasteiger partial charge is 0.251 e. The largest absolute Gasteiger partial charge is 0.352 e. The fourth-order valence-corrected chi connectivity index (χ4v) is 2.45. The molecular formula is C21H26N2O2. The lowest BCUT2D eigenvalue weighted by atomic mass is 10.1. The molecule has 0 unspecified atom stereocenters. The SMILES string of the molecule is CCCCNC(=O)c1ccc(CNC(=O)CCc2ccccc2)cc1. The van der Waals surface area contributed by atoms with E-state index in [1.54, 1.807) is 12.1 Å². The molecule has 2 aromatic carbocycles. The molecule has 0 atom stereocenters. The molecule has 0 aliphatic rings. The Morgan fingerprint density at radius 1 is 0.880 bits per heavy atom. The van der Waals surface area contributed by atoms with E-state index in [0.717, 1.165) is 30.4 Å². The van der Waals surface area contributed by atoms with Gasteiger partial charge in [-0.15, -0.1) is 0 Å². The Morgan fingerprint density at radius 3 is 2.28 bits per heavy atom. The van der Waals surface area contributed by atoms with Gasteiger partial charge in [-0.3, -0.25) is 9.59 Å². The predicted molar refractivity (Wildman–Crippen MR) is 100 cm³/mol. The summed E-state index contributed by atoms with van der Waals surface area (Å²) in [6, 6.07) is 17.3. The van der Waals surface area contributed by atoms with Gasteiger partial charge in [-0.05, 0) is 36.1 Å². The highest BCUT2D eigenvalue weighted by Gasteiger charge is 2.06. The van der Waals surface area contributed by atoms with Crippen molar-refractivity contribution in [2.45, 2.75) is 39.2 Å². The van der Waals surface area contributed by atoms with Crippen LogP contribution in [0.4, 0.5) is 0 Å². The third-order valence-electron chi connectivity index (χ3n) is 4.01. The maximum absolute atomic E-state index is 11.9. The molecule has 2 aromatic rings. The lowest BCUT2D eigenvalue weighted by Gasteiger charge is -2.07. The van der Waals surface area contributed by atoms with Crippen LogP contribution in [0.25, 0.3) is 0 Å². The van der Waals surface area contributed by atoms with Crippen LogP contribution in [0, 0.1) is 0 Å². The van der Waals surface area contributed by atoms with Crippen molar-refractivity contribution in [3.05, 3.63) is 71.3 Å². The maximum Gasteiger partial charge on any atom is 0.251 e. The Bertz CT molecular complexity index is 666. The first kappa shape index (κ1) is 18.7. The van der Waals surface area contributed by atoms with Crippen molar-refractivity contribution in [1.82, 2.24) is 10.6 Å². The second-order valence-corrected chi connectivity index (χ2v) is 6.07. The molecule has 132 valence electrons. The Balaban J connectivity index is 1.73. The molecule has 2 N–H and O–H groups in total. The number of hydrogen-bond acceptors (Lipinski definition) is 2. The van der Waals surface area contributed by atoms with Crippen molar-refractivity contribution < 1.29 is 9.59 Å². The fraction of sp³-hybridized carbons (Fsp3) is 0.333. The Kier molecular flexibility index (Phi) is 7.70. The number of rotatable bonds is 9. The van der Waals surface area contributed by atoms with Crippen LogP contribution in [0.2, 0.25) is 0 Å². The minimum atomic E-state index is -0.0492. The van der Waals surface area contributed by atoms with Gasteiger partial charge < -0.3 is 10.6 Å². The molecule has 2 amide bonds. The van der Waals surface area contributed by atoms with Crippen LogP contribution in [0.5, 0.6) is 0 Å². The quantitative estimate of drug-likeness (QED) is 0.688. The molecule has 2 rings (SSSR count). The van der Waals surface area contributed by atoms with Crippen LogP contribution in [-0.4, -0.2) is 18.4 Å². The van der Waals surface area contributed by atoms with E-state index in [9.17, 15) is 9.59 Å². The number of amides is 2. The van der Waals surface area contributed by atoms with Crippen LogP contribution in [0.15, 0.2) is 54.6 Å². The average Bonchev–Trinajstić information content (AvgIpc) is 2.66. The highest BCUT2D eigenvalue weighted by atomic mass is 16.2. The summed E-state index contributed by atoms with van der Waals surface area (Å²) in [4.78, 5) is 23.9. The van der Waals surface area contributed by atoms with Crippen LogP contribution < -0.4 is 10.6 Å². The van der Waals surface area contributed by atoms with Gasteiger partial charge in [0.1, 0.15) is 0 Å². The van der Waals surface area contributed by atoms with E-state index >= 15 is 0 Å². The van der Waals surface area contributed by atoms with E-state index in [2.05, 4.69) is 17.6 Å². The molecule has 0 spiro atoms. The van der Waals surface area contributed by atoms with Gasteiger partial charge in [-0.2, -0.15) is 0 Å². The average molecular weight is 338 g/mol. The minimum absolute atomic E-state index is 0.0326. The summed E-state index contributed by atoms with van der Waals surface area (Å²) in [5.41, 5.74) is 2.80. The number of benzene rings is 2. The van der Waals surface area contributed by atoms with E-state index in [0.29, 0.717) is 25.1 Å². The Hall–Kier alpha value is -2.62. The zero-order valence-corrected chi connectivity index (χ0v) is 14.8. The van der Waals surface area contributed by atoms with E-state index < -0.39 is 0 Å². The van der Waals surface area contributed by atoms with Gasteiger partial charge >= 0.3 is 0 Å². The molecular weight excluding hydrogens is 312 g/mol. The lowest BCUT2D eigenvalue weighted by Crippen LogP contribution is -2.25. The molecule has 0 fully saturated rings. The van der Waals surface area contributed by atoms with E-state index in [1.807, 2.05) is 42.5 Å². The second-order valence-electron chi connectivity index (χ2n) is 6.07. The third kappa shape index (κ3) is 6.79. The molecule has 4 nitrogen and oxygen atoms in total. The normalized spacial score (nSPS) is 10.3. The first-order valence-electron chi connectivity index (χ1n) is 8.87. The van der Waals surface area contributed by atoms with Crippen LogP contribution in [0.1, 0.15) is 47.7 Å². The first-order valence-corrected chi connectivity index (χ1v) is 8.87. The van der Waals surface area contributed by atoms with Crippen molar-refractivity contribution in [2.75, 3.05) is 6.54 Å². The molecule has 0 radical (unpaired) electrons. The summed E-state index contributed by atoms with van der Waals surface area (Å²) < 4.78 is 0. The predicted octanol–water partition coefficient (Wildman–Crippen LogP) is 3.47. The Morgan fingerprint density at radius 2 is 1.60 bits per heavy atom. The summed E-state index contributed by atoms with van der Waals surface area (Å²) in [6.07, 6.45) is 3.26. The number of hydrogen-bond donors (Lipinski definition) is 2. The molecule has 0 aromatic heterocycles. The van der Waals surface area contributed by atoms with E-state index in [-0.39, 0.29) is 11.8 Å². The Labute approximate surface area is 149 Å². The maximum atomic E-state index is 11.9. The highest BCUT2D eigenvalue weighted by molar-refractivity contribution is 5.94. The van der Waals surface area contributed by atoms with Crippen LogP contribution in [-0.2, 0) is 17.8 Å². The standard InChI is InChI=1S/C21H26N2O2/c1-2-3-15-22-21(25)19-12-9-18(10-13-19)16-23-20(24)14-11-17-7-5-4-6-8-17/h4-10,12-13H,2-3,11,14-16H2,1H3,(H,22,25)(H,23,24). The third-order valence-corrected chi connectivity index (χ3v) is 4.01.